The number of nitrogens with one attached hydrogen (secondary N) is 1. The van der Waals surface area contributed by atoms with Crippen LogP contribution in [0, 0.1) is 17.0 Å². The molecule has 2 aromatic rings. The van der Waals surface area contributed by atoms with E-state index in [0.717, 1.165) is 13.0 Å². The molecule has 1 aliphatic rings. The molecule has 1 aromatic heterocycles. The summed E-state index contributed by atoms with van der Waals surface area (Å²) in [5, 5.41) is 17.6. The number of hydrogen-bond donors (Lipinski definition) is 1. The smallest absolute Gasteiger partial charge is 0.269 e. The Kier molecular flexibility index (Phi) is 3.50. The lowest BCUT2D eigenvalue weighted by Crippen LogP contribution is -2.18. The van der Waals surface area contributed by atoms with E-state index in [1.54, 1.807) is 11.6 Å². The van der Waals surface area contributed by atoms with Gasteiger partial charge in [0, 0.05) is 30.8 Å². The van der Waals surface area contributed by atoms with Crippen molar-refractivity contribution in [3.8, 4) is 5.88 Å². The summed E-state index contributed by atoms with van der Waals surface area (Å²) < 4.78 is 7.14. The van der Waals surface area contributed by atoms with Crippen LogP contribution in [-0.2, 0) is 6.54 Å². The molecule has 3 rings (SSSR count). The molecule has 8 heteroatoms. The fourth-order valence-electron chi connectivity index (χ4n) is 2.32. The number of fused-ring (bicyclic) bond motifs is 1. The molecule has 0 saturated carbocycles. The first-order valence-corrected chi connectivity index (χ1v) is 6.81. The molecule has 0 atom stereocenters. The molecule has 8 nitrogen and oxygen atoms in total. The number of nitrogens with zero attached hydrogens (tertiary/aromatic N) is 3. The number of nitro benzene ring substituents is 1. The second-order valence-corrected chi connectivity index (χ2v) is 5.00. The van der Waals surface area contributed by atoms with Crippen molar-refractivity contribution < 1.29 is 14.5 Å². The second kappa shape index (κ2) is 5.47. The number of aromatic nitrogens is 2. The summed E-state index contributed by atoms with van der Waals surface area (Å²) in [5.74, 6) is 0.114. The molecule has 0 aliphatic carbocycles. The molecule has 22 heavy (non-hydrogen) atoms. The molecule has 0 saturated heterocycles. The lowest BCUT2D eigenvalue weighted by molar-refractivity contribution is -0.384. The summed E-state index contributed by atoms with van der Waals surface area (Å²) in [4.78, 5) is 22.6. The summed E-state index contributed by atoms with van der Waals surface area (Å²) in [6.45, 7) is 2.98. The molecule has 1 aliphatic heterocycles. The Labute approximate surface area is 125 Å². The molecule has 0 fully saturated rings. The van der Waals surface area contributed by atoms with Gasteiger partial charge in [0.25, 0.3) is 11.6 Å². The van der Waals surface area contributed by atoms with Gasteiger partial charge in [-0.15, -0.1) is 0 Å². The van der Waals surface area contributed by atoms with Crippen molar-refractivity contribution in [2.75, 3.05) is 11.9 Å². The Hall–Kier alpha value is -2.90. The van der Waals surface area contributed by atoms with Crippen molar-refractivity contribution >= 4 is 17.3 Å². The van der Waals surface area contributed by atoms with Crippen LogP contribution in [0.4, 0.5) is 11.4 Å². The quantitative estimate of drug-likeness (QED) is 0.691. The predicted octanol–water partition coefficient (Wildman–Crippen LogP) is 2.13. The number of carbonyl (C=O) groups excluding carboxylic acids is 1. The third kappa shape index (κ3) is 2.50. The standard InChI is InChI=1S/C14H14N4O4/c1-9-7-10(18(20)21)3-4-12(9)16-13(19)11-8-15-17-5-2-6-22-14(11)17/h3-4,7-8H,2,5-6H2,1H3,(H,16,19). The van der Waals surface area contributed by atoms with Crippen LogP contribution in [0.2, 0.25) is 0 Å². The third-order valence-corrected chi connectivity index (χ3v) is 3.46. The van der Waals surface area contributed by atoms with Gasteiger partial charge < -0.3 is 10.1 Å². The molecule has 1 aromatic carbocycles. The molecule has 0 spiro atoms. The number of non-ortho nitro benzene ring substituents is 1. The highest BCUT2D eigenvalue weighted by molar-refractivity contribution is 6.06. The van der Waals surface area contributed by atoms with Gasteiger partial charge in [0.2, 0.25) is 5.88 Å². The molecular weight excluding hydrogens is 288 g/mol. The van der Waals surface area contributed by atoms with Crippen molar-refractivity contribution in [1.82, 2.24) is 9.78 Å². The Balaban J connectivity index is 1.83. The first-order chi connectivity index (χ1) is 10.6. The van der Waals surface area contributed by atoms with Gasteiger partial charge in [-0.2, -0.15) is 5.10 Å². The van der Waals surface area contributed by atoms with Crippen LogP contribution in [0.25, 0.3) is 0 Å². The fraction of sp³-hybridized carbons (Fsp3) is 0.286. The Morgan fingerprint density at radius 3 is 3.05 bits per heavy atom. The van der Waals surface area contributed by atoms with Crippen LogP contribution >= 0.6 is 0 Å². The van der Waals surface area contributed by atoms with E-state index in [1.165, 1.54) is 24.4 Å². The number of benzene rings is 1. The van der Waals surface area contributed by atoms with Crippen molar-refractivity contribution in [2.45, 2.75) is 19.9 Å². The Morgan fingerprint density at radius 1 is 1.50 bits per heavy atom. The molecular formula is C14H14N4O4. The van der Waals surface area contributed by atoms with Crippen LogP contribution in [0.15, 0.2) is 24.4 Å². The number of nitro groups is 1. The minimum atomic E-state index is -0.472. The maximum absolute atomic E-state index is 12.3. The topological polar surface area (TPSA) is 99.3 Å². The number of aryl methyl sites for hydroxylation is 2. The van der Waals surface area contributed by atoms with Crippen LogP contribution < -0.4 is 10.1 Å². The molecule has 0 bridgehead atoms. The number of hydrogen-bond acceptors (Lipinski definition) is 5. The maximum Gasteiger partial charge on any atom is 0.269 e. The first-order valence-electron chi connectivity index (χ1n) is 6.81. The van der Waals surface area contributed by atoms with Gasteiger partial charge in [-0.1, -0.05) is 0 Å². The van der Waals surface area contributed by atoms with Crippen LogP contribution in [0.5, 0.6) is 5.88 Å². The fourth-order valence-corrected chi connectivity index (χ4v) is 2.32. The van der Waals surface area contributed by atoms with Gasteiger partial charge in [0.05, 0.1) is 17.7 Å². The molecule has 0 radical (unpaired) electrons. The average Bonchev–Trinajstić information content (AvgIpc) is 2.93. The van der Waals surface area contributed by atoms with Gasteiger partial charge in [0.15, 0.2) is 0 Å². The minimum absolute atomic E-state index is 0.0123. The lowest BCUT2D eigenvalue weighted by Gasteiger charge is -2.16. The van der Waals surface area contributed by atoms with Crippen molar-refractivity contribution in [3.63, 3.8) is 0 Å². The normalized spacial score (nSPS) is 13.1. The Bertz CT molecular complexity index is 753. The molecule has 1 amide bonds. The highest BCUT2D eigenvalue weighted by Crippen LogP contribution is 2.25. The van der Waals surface area contributed by atoms with Gasteiger partial charge in [-0.25, -0.2) is 4.68 Å². The number of carbonyl (C=O) groups is 1. The maximum atomic E-state index is 12.3. The zero-order valence-corrected chi connectivity index (χ0v) is 11.9. The lowest BCUT2D eigenvalue weighted by atomic mass is 10.1. The molecule has 0 unspecified atom stereocenters. The minimum Gasteiger partial charge on any atom is -0.477 e. The van der Waals surface area contributed by atoms with Crippen LogP contribution in [0.3, 0.4) is 0 Å². The van der Waals surface area contributed by atoms with E-state index in [-0.39, 0.29) is 11.6 Å². The number of ether oxygens (including phenoxy) is 1. The second-order valence-electron chi connectivity index (χ2n) is 5.00. The summed E-state index contributed by atoms with van der Waals surface area (Å²) in [6.07, 6.45) is 2.33. The molecule has 1 N–H and O–H groups in total. The van der Waals surface area contributed by atoms with Gasteiger partial charge in [0.1, 0.15) is 5.56 Å². The van der Waals surface area contributed by atoms with E-state index in [0.29, 0.717) is 29.3 Å². The summed E-state index contributed by atoms with van der Waals surface area (Å²) in [7, 11) is 0. The van der Waals surface area contributed by atoms with Gasteiger partial charge in [-0.05, 0) is 18.6 Å². The zero-order valence-electron chi connectivity index (χ0n) is 11.9. The monoisotopic (exact) mass is 302 g/mol. The van der Waals surface area contributed by atoms with Gasteiger partial charge in [-0.3, -0.25) is 14.9 Å². The van der Waals surface area contributed by atoms with E-state index in [9.17, 15) is 14.9 Å². The SMILES string of the molecule is Cc1cc([N+](=O)[O-])ccc1NC(=O)c1cnn2c1OCCC2. The highest BCUT2D eigenvalue weighted by Gasteiger charge is 2.22. The van der Waals surface area contributed by atoms with E-state index in [2.05, 4.69) is 10.4 Å². The van der Waals surface area contributed by atoms with Crippen molar-refractivity contribution in [2.24, 2.45) is 0 Å². The van der Waals surface area contributed by atoms with Crippen LogP contribution in [-0.4, -0.2) is 27.2 Å². The summed E-state index contributed by atoms with van der Waals surface area (Å²) in [6, 6.07) is 4.29. The van der Waals surface area contributed by atoms with E-state index in [4.69, 9.17) is 4.74 Å². The number of anilines is 1. The largest absolute Gasteiger partial charge is 0.477 e. The average molecular weight is 302 g/mol. The number of rotatable bonds is 3. The summed E-state index contributed by atoms with van der Waals surface area (Å²) in [5.41, 5.74) is 1.48. The van der Waals surface area contributed by atoms with E-state index in [1.807, 2.05) is 0 Å². The molecule has 2 heterocycles. The van der Waals surface area contributed by atoms with Crippen molar-refractivity contribution in [3.05, 3.63) is 45.6 Å². The van der Waals surface area contributed by atoms with E-state index < -0.39 is 4.92 Å². The molecule has 114 valence electrons. The van der Waals surface area contributed by atoms with Crippen LogP contribution in [0.1, 0.15) is 22.3 Å². The summed E-state index contributed by atoms with van der Waals surface area (Å²) >= 11 is 0. The van der Waals surface area contributed by atoms with E-state index >= 15 is 0 Å². The zero-order chi connectivity index (χ0) is 15.7. The third-order valence-electron chi connectivity index (χ3n) is 3.46. The number of amides is 1. The highest BCUT2D eigenvalue weighted by atomic mass is 16.6. The van der Waals surface area contributed by atoms with Gasteiger partial charge >= 0.3 is 0 Å². The first kappa shape index (κ1) is 14.1. The van der Waals surface area contributed by atoms with Crippen molar-refractivity contribution in [1.29, 1.82) is 0 Å². The Morgan fingerprint density at radius 2 is 2.32 bits per heavy atom. The predicted molar refractivity (Wildman–Crippen MR) is 78.1 cm³/mol.